The van der Waals surface area contributed by atoms with Gasteiger partial charge in [-0.2, -0.15) is 0 Å². The van der Waals surface area contributed by atoms with Crippen molar-refractivity contribution in [2.24, 2.45) is 0 Å². The number of methoxy groups -OCH3 is 1. The van der Waals surface area contributed by atoms with E-state index in [0.717, 1.165) is 0 Å². The summed E-state index contributed by atoms with van der Waals surface area (Å²) in [5, 5.41) is 0. The Morgan fingerprint density at radius 2 is 1.76 bits per heavy atom. The van der Waals surface area contributed by atoms with Gasteiger partial charge in [-0.25, -0.2) is 12.7 Å². The van der Waals surface area contributed by atoms with Crippen LogP contribution in [-0.4, -0.2) is 80.4 Å². The van der Waals surface area contributed by atoms with Crippen LogP contribution in [0.1, 0.15) is 10.4 Å². The van der Waals surface area contributed by atoms with Gasteiger partial charge in [-0.15, -0.1) is 0 Å². The van der Waals surface area contributed by atoms with E-state index in [0.29, 0.717) is 55.3 Å². The Labute approximate surface area is 197 Å². The van der Waals surface area contributed by atoms with E-state index < -0.39 is 10.0 Å². The van der Waals surface area contributed by atoms with Gasteiger partial charge in [0.25, 0.3) is 10.7 Å². The molecule has 0 aliphatic carbocycles. The Morgan fingerprint density at radius 1 is 1.09 bits per heavy atom. The zero-order chi connectivity index (χ0) is 23.8. The molecular weight excluding hydrogens is 464 g/mol. The van der Waals surface area contributed by atoms with Crippen LogP contribution in [0.5, 0.6) is 5.75 Å². The standard InChI is InChI=1S/C22H26N4O5S2/c1-23(2)33(28,29)18-8-9-20-19(14-18)26(22(32)31-20)15-24-10-12-25(13-11-24)21(27)16-4-6-17(30-3)7-5-16/h4-9,14H,10-13,15H2,1-3H3. The normalized spacial score (nSPS) is 15.3. The number of carbonyl (C=O) groups is 1. The van der Waals surface area contributed by atoms with Crippen LogP contribution in [-0.2, 0) is 16.7 Å². The maximum Gasteiger partial charge on any atom is 0.270 e. The van der Waals surface area contributed by atoms with E-state index in [1.54, 1.807) is 48.1 Å². The number of ether oxygens (including phenoxy) is 1. The van der Waals surface area contributed by atoms with Gasteiger partial charge >= 0.3 is 0 Å². The van der Waals surface area contributed by atoms with Crippen molar-refractivity contribution in [2.45, 2.75) is 11.6 Å². The van der Waals surface area contributed by atoms with Crippen molar-refractivity contribution in [1.82, 2.24) is 18.7 Å². The molecule has 1 aliphatic rings. The summed E-state index contributed by atoms with van der Waals surface area (Å²) in [6, 6.07) is 11.8. The number of hydrogen-bond acceptors (Lipinski definition) is 7. The summed E-state index contributed by atoms with van der Waals surface area (Å²) in [6.45, 7) is 2.92. The minimum absolute atomic E-state index is 0.0128. The van der Waals surface area contributed by atoms with Gasteiger partial charge in [0.1, 0.15) is 5.75 Å². The molecule has 1 saturated heterocycles. The van der Waals surface area contributed by atoms with Gasteiger partial charge < -0.3 is 14.1 Å². The van der Waals surface area contributed by atoms with Crippen LogP contribution in [0.4, 0.5) is 0 Å². The Morgan fingerprint density at radius 3 is 2.36 bits per heavy atom. The smallest absolute Gasteiger partial charge is 0.270 e. The lowest BCUT2D eigenvalue weighted by Gasteiger charge is -2.34. The van der Waals surface area contributed by atoms with E-state index in [1.807, 2.05) is 4.90 Å². The second kappa shape index (κ2) is 9.26. The number of aromatic nitrogens is 1. The summed E-state index contributed by atoms with van der Waals surface area (Å²) in [6.07, 6.45) is 0. The van der Waals surface area contributed by atoms with E-state index in [-0.39, 0.29) is 15.6 Å². The second-order valence-electron chi connectivity index (χ2n) is 7.99. The van der Waals surface area contributed by atoms with Gasteiger partial charge in [-0.3, -0.25) is 14.3 Å². The number of nitrogens with zero attached hydrogens (tertiary/aromatic N) is 4. The average molecular weight is 491 g/mol. The first-order chi connectivity index (χ1) is 15.7. The fourth-order valence-electron chi connectivity index (χ4n) is 3.76. The van der Waals surface area contributed by atoms with Gasteiger partial charge in [0, 0.05) is 45.8 Å². The van der Waals surface area contributed by atoms with E-state index in [4.69, 9.17) is 21.4 Å². The molecule has 33 heavy (non-hydrogen) atoms. The molecular formula is C22H26N4O5S2. The molecule has 1 fully saturated rings. The van der Waals surface area contributed by atoms with Gasteiger partial charge in [-0.1, -0.05) is 0 Å². The zero-order valence-corrected chi connectivity index (χ0v) is 20.4. The van der Waals surface area contributed by atoms with Gasteiger partial charge in [0.2, 0.25) is 10.0 Å². The number of fused-ring (bicyclic) bond motifs is 1. The zero-order valence-electron chi connectivity index (χ0n) is 18.7. The molecule has 0 atom stereocenters. The topological polar surface area (TPSA) is 88.2 Å². The lowest BCUT2D eigenvalue weighted by Crippen LogP contribution is -2.48. The number of hydrogen-bond donors (Lipinski definition) is 0. The number of piperazine rings is 1. The van der Waals surface area contributed by atoms with Crippen LogP contribution in [0.25, 0.3) is 11.1 Å². The Hall–Kier alpha value is -2.73. The molecule has 0 radical (unpaired) electrons. The van der Waals surface area contributed by atoms with Crippen molar-refractivity contribution in [3.63, 3.8) is 0 Å². The number of oxazole rings is 1. The van der Waals surface area contributed by atoms with Crippen molar-refractivity contribution in [3.8, 4) is 5.75 Å². The molecule has 0 spiro atoms. The van der Waals surface area contributed by atoms with Crippen LogP contribution < -0.4 is 4.74 Å². The van der Waals surface area contributed by atoms with Crippen LogP contribution in [0.15, 0.2) is 51.8 Å². The molecule has 2 heterocycles. The van der Waals surface area contributed by atoms with Gasteiger partial charge in [0.05, 0.1) is 24.2 Å². The number of sulfonamides is 1. The Bertz CT molecular complexity index is 1320. The summed E-state index contributed by atoms with van der Waals surface area (Å²) < 4.78 is 38.9. The largest absolute Gasteiger partial charge is 0.497 e. The first-order valence-corrected chi connectivity index (χ1v) is 12.3. The number of carbonyl (C=O) groups excluding carboxylic acids is 1. The monoisotopic (exact) mass is 490 g/mol. The molecule has 1 aromatic heterocycles. The first kappa shape index (κ1) is 23.4. The third kappa shape index (κ3) is 4.67. The van der Waals surface area contributed by atoms with Crippen molar-refractivity contribution >= 4 is 39.2 Å². The van der Waals surface area contributed by atoms with E-state index in [1.165, 1.54) is 24.5 Å². The van der Waals surface area contributed by atoms with Crippen LogP contribution >= 0.6 is 12.2 Å². The number of amides is 1. The van der Waals surface area contributed by atoms with Crippen molar-refractivity contribution < 1.29 is 22.4 Å². The highest BCUT2D eigenvalue weighted by atomic mass is 32.2. The van der Waals surface area contributed by atoms with Gasteiger partial charge in [0.15, 0.2) is 5.58 Å². The third-order valence-corrected chi connectivity index (χ3v) is 7.87. The van der Waals surface area contributed by atoms with E-state index in [9.17, 15) is 13.2 Å². The maximum atomic E-state index is 12.8. The van der Waals surface area contributed by atoms with Crippen molar-refractivity contribution in [2.75, 3.05) is 47.4 Å². The molecule has 1 amide bonds. The Balaban J connectivity index is 1.48. The number of rotatable bonds is 6. The molecule has 3 aromatic rings. The van der Waals surface area contributed by atoms with Crippen molar-refractivity contribution in [3.05, 3.63) is 52.9 Å². The van der Waals surface area contributed by atoms with Crippen LogP contribution in [0.2, 0.25) is 0 Å². The molecule has 4 rings (SSSR count). The van der Waals surface area contributed by atoms with E-state index in [2.05, 4.69) is 4.90 Å². The summed E-state index contributed by atoms with van der Waals surface area (Å²) in [4.78, 5) is 17.3. The summed E-state index contributed by atoms with van der Waals surface area (Å²) in [5.74, 6) is 0.697. The lowest BCUT2D eigenvalue weighted by molar-refractivity contribution is 0.0594. The fourth-order valence-corrected chi connectivity index (χ4v) is 4.92. The summed E-state index contributed by atoms with van der Waals surface area (Å²) in [5.41, 5.74) is 1.78. The van der Waals surface area contributed by atoms with E-state index >= 15 is 0 Å². The van der Waals surface area contributed by atoms with Crippen LogP contribution in [0.3, 0.4) is 0 Å². The molecule has 9 nitrogen and oxygen atoms in total. The highest BCUT2D eigenvalue weighted by Crippen LogP contribution is 2.24. The summed E-state index contributed by atoms with van der Waals surface area (Å²) >= 11 is 5.39. The molecule has 0 saturated carbocycles. The maximum absolute atomic E-state index is 12.8. The van der Waals surface area contributed by atoms with Crippen LogP contribution in [0, 0.1) is 4.84 Å². The molecule has 0 N–H and O–H groups in total. The summed E-state index contributed by atoms with van der Waals surface area (Å²) in [7, 11) is 1.00. The highest BCUT2D eigenvalue weighted by Gasteiger charge is 2.24. The quantitative estimate of drug-likeness (QED) is 0.491. The van der Waals surface area contributed by atoms with Crippen molar-refractivity contribution in [1.29, 1.82) is 0 Å². The lowest BCUT2D eigenvalue weighted by atomic mass is 10.1. The first-order valence-electron chi connectivity index (χ1n) is 10.4. The predicted octanol–water partition coefficient (Wildman–Crippen LogP) is 2.64. The average Bonchev–Trinajstić information content (AvgIpc) is 3.13. The second-order valence-corrected chi connectivity index (χ2v) is 10.5. The highest BCUT2D eigenvalue weighted by molar-refractivity contribution is 7.89. The minimum Gasteiger partial charge on any atom is -0.497 e. The molecule has 176 valence electrons. The molecule has 0 unspecified atom stereocenters. The van der Waals surface area contributed by atoms with Gasteiger partial charge in [-0.05, 0) is 54.7 Å². The fraction of sp³-hybridized carbons (Fsp3) is 0.364. The molecule has 11 heteroatoms. The molecule has 0 bridgehead atoms. The third-order valence-electron chi connectivity index (χ3n) is 5.76. The minimum atomic E-state index is -3.58. The number of benzene rings is 2. The molecule has 2 aromatic carbocycles. The predicted molar refractivity (Wildman–Crippen MR) is 126 cm³/mol. The SMILES string of the molecule is COc1ccc(C(=O)N2CCN(Cn3c(=S)oc4ccc(S(=O)(=O)N(C)C)cc43)CC2)cc1. The Kier molecular flexibility index (Phi) is 6.57. The molecule has 1 aliphatic heterocycles.